The largest absolute Gasteiger partial charge is 0.319 e. The lowest BCUT2D eigenvalue weighted by Crippen LogP contribution is -2.14. The molecule has 0 aliphatic carbocycles. The molecule has 0 atom stereocenters. The zero-order valence-electron chi connectivity index (χ0n) is 12.0. The van der Waals surface area contributed by atoms with Crippen LogP contribution in [-0.4, -0.2) is 10.8 Å². The Labute approximate surface area is 134 Å². The maximum absolute atomic E-state index is 13.7. The van der Waals surface area contributed by atoms with E-state index in [1.807, 2.05) is 0 Å². The number of benzene rings is 2. The number of nitrogens with one attached hydrogen (secondary N) is 1. The number of halogens is 2. The molecule has 0 aromatic heterocycles. The van der Waals surface area contributed by atoms with Crippen molar-refractivity contribution in [2.75, 3.05) is 5.32 Å². The highest BCUT2D eigenvalue weighted by molar-refractivity contribution is 6.09. The summed E-state index contributed by atoms with van der Waals surface area (Å²) in [6, 6.07) is 9.29. The molecule has 0 aliphatic heterocycles. The number of amides is 1. The summed E-state index contributed by atoms with van der Waals surface area (Å²) in [4.78, 5) is 22.0. The normalized spacial score (nSPS) is 10.8. The molecule has 0 fully saturated rings. The van der Waals surface area contributed by atoms with E-state index in [1.165, 1.54) is 18.2 Å². The van der Waals surface area contributed by atoms with Gasteiger partial charge in [0.1, 0.15) is 23.3 Å². The number of nitro groups is 1. The number of hydrogen-bond donors (Lipinski definition) is 1. The fourth-order valence-corrected chi connectivity index (χ4v) is 1.79. The van der Waals surface area contributed by atoms with Crippen molar-refractivity contribution in [2.24, 2.45) is 0 Å². The van der Waals surface area contributed by atoms with Gasteiger partial charge in [0.2, 0.25) is 0 Å². The minimum atomic E-state index is -0.943. The summed E-state index contributed by atoms with van der Waals surface area (Å²) in [5, 5.41) is 21.8. The fraction of sp³-hybridized carbons (Fsp3) is 0. The van der Waals surface area contributed by atoms with Gasteiger partial charge < -0.3 is 5.32 Å². The van der Waals surface area contributed by atoms with E-state index in [-0.39, 0.29) is 5.57 Å². The number of nitriles is 1. The van der Waals surface area contributed by atoms with Gasteiger partial charge in [-0.1, -0.05) is 12.1 Å². The monoisotopic (exact) mass is 329 g/mol. The van der Waals surface area contributed by atoms with Crippen molar-refractivity contribution >= 4 is 23.4 Å². The van der Waals surface area contributed by atoms with Gasteiger partial charge in [0, 0.05) is 12.1 Å². The average molecular weight is 329 g/mol. The SMILES string of the molecule is N#C/C(=C/c1ccc(F)cc1)C(=O)Nc1cc([N+](=O)[O-])ccc1F. The van der Waals surface area contributed by atoms with Gasteiger partial charge in [-0.15, -0.1) is 0 Å². The van der Waals surface area contributed by atoms with E-state index in [4.69, 9.17) is 5.26 Å². The number of nitro benzene ring substituents is 1. The molecule has 0 saturated heterocycles. The van der Waals surface area contributed by atoms with Gasteiger partial charge in [-0.25, -0.2) is 8.78 Å². The number of nitrogens with zero attached hydrogens (tertiary/aromatic N) is 2. The number of rotatable bonds is 4. The molecule has 2 rings (SSSR count). The van der Waals surface area contributed by atoms with Crippen LogP contribution in [0.1, 0.15) is 5.56 Å². The lowest BCUT2D eigenvalue weighted by molar-refractivity contribution is -0.384. The van der Waals surface area contributed by atoms with Crippen molar-refractivity contribution in [1.82, 2.24) is 0 Å². The van der Waals surface area contributed by atoms with Crippen LogP contribution in [0.2, 0.25) is 0 Å². The zero-order valence-corrected chi connectivity index (χ0v) is 12.0. The van der Waals surface area contributed by atoms with Crippen LogP contribution in [0.5, 0.6) is 0 Å². The number of carbonyl (C=O) groups excluding carboxylic acids is 1. The van der Waals surface area contributed by atoms with Gasteiger partial charge in [0.05, 0.1) is 10.6 Å². The first kappa shape index (κ1) is 16.8. The minimum absolute atomic E-state index is 0.368. The molecule has 2 aromatic carbocycles. The predicted octanol–water partition coefficient (Wildman–Crippen LogP) is 3.42. The molecule has 0 aliphatic rings. The van der Waals surface area contributed by atoms with Crippen LogP contribution in [-0.2, 0) is 4.79 Å². The molecule has 0 radical (unpaired) electrons. The molecule has 24 heavy (non-hydrogen) atoms. The Kier molecular flexibility index (Phi) is 4.96. The van der Waals surface area contributed by atoms with Crippen molar-refractivity contribution in [2.45, 2.75) is 0 Å². The molecule has 0 heterocycles. The highest BCUT2D eigenvalue weighted by Gasteiger charge is 2.15. The van der Waals surface area contributed by atoms with E-state index < -0.39 is 33.8 Å². The molecule has 0 saturated carbocycles. The fourth-order valence-electron chi connectivity index (χ4n) is 1.79. The Bertz CT molecular complexity index is 871. The van der Waals surface area contributed by atoms with E-state index >= 15 is 0 Å². The smallest absolute Gasteiger partial charge is 0.271 e. The first-order valence-corrected chi connectivity index (χ1v) is 6.53. The van der Waals surface area contributed by atoms with Gasteiger partial charge >= 0.3 is 0 Å². The Morgan fingerprint density at radius 1 is 1.21 bits per heavy atom. The van der Waals surface area contributed by atoms with E-state index in [0.717, 1.165) is 30.3 Å². The van der Waals surface area contributed by atoms with E-state index in [2.05, 4.69) is 5.32 Å². The summed E-state index contributed by atoms with van der Waals surface area (Å²) < 4.78 is 26.5. The third-order valence-electron chi connectivity index (χ3n) is 2.96. The van der Waals surface area contributed by atoms with Crippen molar-refractivity contribution < 1.29 is 18.5 Å². The molecule has 120 valence electrons. The number of non-ortho nitro benzene ring substituents is 1. The van der Waals surface area contributed by atoms with E-state index in [9.17, 15) is 23.7 Å². The zero-order chi connectivity index (χ0) is 17.7. The maximum atomic E-state index is 13.7. The number of carbonyl (C=O) groups is 1. The molecular weight excluding hydrogens is 320 g/mol. The minimum Gasteiger partial charge on any atom is -0.319 e. The number of hydrogen-bond acceptors (Lipinski definition) is 4. The van der Waals surface area contributed by atoms with Crippen LogP contribution in [0.15, 0.2) is 48.0 Å². The standard InChI is InChI=1S/C16H9F2N3O3/c17-12-3-1-10(2-4-12)7-11(9-19)16(22)20-15-8-13(21(23)24)5-6-14(15)18/h1-8H,(H,20,22)/b11-7-. The second-order valence-corrected chi connectivity index (χ2v) is 4.60. The third-order valence-corrected chi connectivity index (χ3v) is 2.96. The molecule has 2 aromatic rings. The first-order chi connectivity index (χ1) is 11.4. The lowest BCUT2D eigenvalue weighted by Gasteiger charge is -2.05. The summed E-state index contributed by atoms with van der Waals surface area (Å²) in [5.74, 6) is -2.30. The van der Waals surface area contributed by atoms with Crippen molar-refractivity contribution in [3.63, 3.8) is 0 Å². The summed E-state index contributed by atoms with van der Waals surface area (Å²) >= 11 is 0. The van der Waals surface area contributed by atoms with Crippen LogP contribution < -0.4 is 5.32 Å². The second kappa shape index (κ2) is 7.11. The van der Waals surface area contributed by atoms with Crippen molar-refractivity contribution in [1.29, 1.82) is 5.26 Å². The van der Waals surface area contributed by atoms with E-state index in [0.29, 0.717) is 5.56 Å². The van der Waals surface area contributed by atoms with Crippen LogP contribution in [0.3, 0.4) is 0 Å². The Balaban J connectivity index is 2.27. The number of anilines is 1. The Morgan fingerprint density at radius 2 is 1.88 bits per heavy atom. The highest BCUT2D eigenvalue weighted by atomic mass is 19.1. The average Bonchev–Trinajstić information content (AvgIpc) is 2.56. The van der Waals surface area contributed by atoms with Gasteiger partial charge in [-0.3, -0.25) is 14.9 Å². The van der Waals surface area contributed by atoms with Crippen LogP contribution in [0, 0.1) is 33.1 Å². The van der Waals surface area contributed by atoms with Crippen LogP contribution >= 0.6 is 0 Å². The molecule has 0 spiro atoms. The molecule has 0 unspecified atom stereocenters. The highest BCUT2D eigenvalue weighted by Crippen LogP contribution is 2.22. The Hall–Kier alpha value is -3.60. The maximum Gasteiger partial charge on any atom is 0.271 e. The molecule has 8 heteroatoms. The predicted molar refractivity (Wildman–Crippen MR) is 81.7 cm³/mol. The van der Waals surface area contributed by atoms with Gasteiger partial charge in [0.15, 0.2) is 0 Å². The van der Waals surface area contributed by atoms with Gasteiger partial charge in [-0.2, -0.15) is 5.26 Å². The quantitative estimate of drug-likeness (QED) is 0.402. The molecule has 1 N–H and O–H groups in total. The summed E-state index contributed by atoms with van der Waals surface area (Å²) in [6.45, 7) is 0. The lowest BCUT2D eigenvalue weighted by atomic mass is 10.1. The van der Waals surface area contributed by atoms with Crippen molar-refractivity contribution in [3.05, 3.63) is 75.3 Å². The summed E-state index contributed by atoms with van der Waals surface area (Å²) in [6.07, 6.45) is 1.18. The second-order valence-electron chi connectivity index (χ2n) is 4.60. The topological polar surface area (TPSA) is 96.0 Å². The van der Waals surface area contributed by atoms with Crippen molar-refractivity contribution in [3.8, 4) is 6.07 Å². The molecule has 0 bridgehead atoms. The summed E-state index contributed by atoms with van der Waals surface area (Å²) in [5.41, 5.74) is -0.808. The molecule has 6 nitrogen and oxygen atoms in total. The molecular formula is C16H9F2N3O3. The van der Waals surface area contributed by atoms with Gasteiger partial charge in [-0.05, 0) is 29.8 Å². The molecule has 1 amide bonds. The van der Waals surface area contributed by atoms with Crippen LogP contribution in [0.25, 0.3) is 6.08 Å². The van der Waals surface area contributed by atoms with E-state index in [1.54, 1.807) is 6.07 Å². The summed E-state index contributed by atoms with van der Waals surface area (Å²) in [7, 11) is 0. The van der Waals surface area contributed by atoms with Gasteiger partial charge in [0.25, 0.3) is 11.6 Å². The van der Waals surface area contributed by atoms with Crippen LogP contribution in [0.4, 0.5) is 20.2 Å². The Morgan fingerprint density at radius 3 is 2.46 bits per heavy atom. The first-order valence-electron chi connectivity index (χ1n) is 6.53. The third kappa shape index (κ3) is 3.98.